The van der Waals surface area contributed by atoms with E-state index in [4.69, 9.17) is 14.2 Å². The number of ether oxygens (including phenoxy) is 3. The Morgan fingerprint density at radius 2 is 1.63 bits per heavy atom. The molecule has 8 nitrogen and oxygen atoms in total. The van der Waals surface area contributed by atoms with E-state index in [1.165, 1.54) is 0 Å². The minimum absolute atomic E-state index is 0.0959. The first kappa shape index (κ1) is 30.3. The molecule has 2 aliphatic heterocycles. The third-order valence-corrected chi connectivity index (χ3v) is 8.15. The molecule has 228 valence electrons. The number of rotatable bonds is 8. The van der Waals surface area contributed by atoms with Crippen LogP contribution in [0.4, 0.5) is 10.5 Å². The first-order chi connectivity index (χ1) is 20.5. The largest absolute Gasteiger partial charge is 0.497 e. The van der Waals surface area contributed by atoms with Gasteiger partial charge in [-0.2, -0.15) is 0 Å². The number of hydrogen-bond acceptors (Lipinski definition) is 6. The maximum atomic E-state index is 13.6. The van der Waals surface area contributed by atoms with Gasteiger partial charge in [0.25, 0.3) is 5.91 Å². The van der Waals surface area contributed by atoms with E-state index in [0.717, 1.165) is 35.2 Å². The summed E-state index contributed by atoms with van der Waals surface area (Å²) in [5.74, 6) is 1.20. The van der Waals surface area contributed by atoms with Gasteiger partial charge in [-0.1, -0.05) is 36.4 Å². The van der Waals surface area contributed by atoms with Crippen LogP contribution in [0, 0.1) is 6.92 Å². The Balaban J connectivity index is 1.27. The van der Waals surface area contributed by atoms with Gasteiger partial charge in [-0.3, -0.25) is 9.69 Å². The number of methoxy groups -OCH3 is 1. The number of anilines is 1. The van der Waals surface area contributed by atoms with E-state index in [9.17, 15) is 9.59 Å². The molecule has 2 bridgehead atoms. The number of hydrogen-bond donors (Lipinski definition) is 1. The number of nitrogens with zero attached hydrogens (tertiary/aromatic N) is 2. The van der Waals surface area contributed by atoms with Crippen molar-refractivity contribution in [2.75, 3.05) is 25.1 Å². The second-order valence-corrected chi connectivity index (χ2v) is 12.6. The lowest BCUT2D eigenvalue weighted by molar-refractivity contribution is 0.0123. The fourth-order valence-electron chi connectivity index (χ4n) is 5.92. The molecule has 0 aromatic heterocycles. The van der Waals surface area contributed by atoms with Crippen LogP contribution in [0.25, 0.3) is 0 Å². The van der Waals surface area contributed by atoms with E-state index in [1.807, 2.05) is 100 Å². The van der Waals surface area contributed by atoms with E-state index >= 15 is 0 Å². The average molecular weight is 586 g/mol. The standard InChI is InChI=1S/C35H43N3O5/c1-23-12-13-27(37-20-28-14-15-29(21-37)38(28)34(40)43-35(3,4)5)18-32(23)33(39)36-24(2)26-16-30(41-6)19-31(17-26)42-22-25-10-8-7-9-11-25/h7-13,16-19,24,28-29H,14-15,20-22H2,1-6H3,(H,36,39)/t24-,28-,29+/m1/s1. The fourth-order valence-corrected chi connectivity index (χ4v) is 5.92. The molecule has 0 radical (unpaired) electrons. The highest BCUT2D eigenvalue weighted by Crippen LogP contribution is 2.35. The first-order valence-corrected chi connectivity index (χ1v) is 15.0. The van der Waals surface area contributed by atoms with Gasteiger partial charge in [0.1, 0.15) is 23.7 Å². The summed E-state index contributed by atoms with van der Waals surface area (Å²) in [6, 6.07) is 21.7. The molecule has 5 rings (SSSR count). The molecule has 2 saturated heterocycles. The molecule has 8 heteroatoms. The summed E-state index contributed by atoms with van der Waals surface area (Å²) in [6.45, 7) is 11.5. The van der Waals surface area contributed by atoms with E-state index in [2.05, 4.69) is 16.3 Å². The number of aryl methyl sites for hydroxylation is 1. The highest BCUT2D eigenvalue weighted by Gasteiger charge is 2.44. The third-order valence-electron chi connectivity index (χ3n) is 8.15. The third kappa shape index (κ3) is 7.24. The van der Waals surface area contributed by atoms with Crippen LogP contribution in [-0.2, 0) is 11.3 Å². The molecule has 3 aromatic carbocycles. The Morgan fingerprint density at radius 1 is 0.953 bits per heavy atom. The van der Waals surface area contributed by atoms with Gasteiger partial charge in [0.15, 0.2) is 0 Å². The molecule has 0 saturated carbocycles. The van der Waals surface area contributed by atoms with Gasteiger partial charge in [-0.25, -0.2) is 4.79 Å². The molecule has 0 spiro atoms. The molecule has 2 heterocycles. The monoisotopic (exact) mass is 585 g/mol. The van der Waals surface area contributed by atoms with Gasteiger partial charge in [0.05, 0.1) is 25.2 Å². The zero-order chi connectivity index (χ0) is 30.7. The molecule has 43 heavy (non-hydrogen) atoms. The highest BCUT2D eigenvalue weighted by atomic mass is 16.6. The van der Waals surface area contributed by atoms with Crippen LogP contribution in [0.5, 0.6) is 11.5 Å². The molecule has 3 aromatic rings. The van der Waals surface area contributed by atoms with Gasteiger partial charge >= 0.3 is 6.09 Å². The molecule has 2 aliphatic rings. The van der Waals surface area contributed by atoms with E-state index in [1.54, 1.807) is 7.11 Å². The van der Waals surface area contributed by atoms with Gasteiger partial charge < -0.3 is 24.4 Å². The van der Waals surface area contributed by atoms with Crippen LogP contribution in [0.3, 0.4) is 0 Å². The summed E-state index contributed by atoms with van der Waals surface area (Å²) < 4.78 is 17.3. The number of benzene rings is 3. The van der Waals surface area contributed by atoms with Crippen molar-refractivity contribution in [1.29, 1.82) is 0 Å². The minimum atomic E-state index is -0.522. The smallest absolute Gasteiger partial charge is 0.410 e. The molecular weight excluding hydrogens is 542 g/mol. The molecule has 0 aliphatic carbocycles. The van der Waals surface area contributed by atoms with Crippen LogP contribution in [0.2, 0.25) is 0 Å². The van der Waals surface area contributed by atoms with Crippen LogP contribution in [0.15, 0.2) is 66.7 Å². The van der Waals surface area contributed by atoms with Crippen LogP contribution in [-0.4, -0.2) is 54.8 Å². The summed E-state index contributed by atoms with van der Waals surface area (Å²) >= 11 is 0. The predicted molar refractivity (Wildman–Crippen MR) is 168 cm³/mol. The van der Waals surface area contributed by atoms with Crippen LogP contribution < -0.4 is 19.7 Å². The average Bonchev–Trinajstić information content (AvgIpc) is 3.25. The van der Waals surface area contributed by atoms with Gasteiger partial charge in [-0.05, 0) is 88.4 Å². The van der Waals surface area contributed by atoms with E-state index < -0.39 is 5.60 Å². The lowest BCUT2D eigenvalue weighted by Crippen LogP contribution is -2.56. The van der Waals surface area contributed by atoms with E-state index in [-0.39, 0.29) is 30.1 Å². The fraction of sp³-hybridized carbons (Fsp3) is 0.429. The Hall–Kier alpha value is -4.20. The summed E-state index contributed by atoms with van der Waals surface area (Å²) in [5, 5.41) is 3.17. The SMILES string of the molecule is COc1cc(OCc2ccccc2)cc([C@@H](C)NC(=O)c2cc(N3C[C@H]4CC[C@@H](C3)N4C(=O)OC(C)(C)C)ccc2C)c1. The second-order valence-electron chi connectivity index (χ2n) is 12.6. The number of fused-ring (bicyclic) bond motifs is 2. The predicted octanol–water partition coefficient (Wildman–Crippen LogP) is 6.66. The summed E-state index contributed by atoms with van der Waals surface area (Å²) in [4.78, 5) is 30.7. The summed E-state index contributed by atoms with van der Waals surface area (Å²) in [6.07, 6.45) is 1.67. The maximum Gasteiger partial charge on any atom is 0.410 e. The van der Waals surface area contributed by atoms with Crippen molar-refractivity contribution < 1.29 is 23.8 Å². The van der Waals surface area contributed by atoms with Crippen molar-refractivity contribution in [2.24, 2.45) is 0 Å². The van der Waals surface area contributed by atoms with Crippen molar-refractivity contribution in [1.82, 2.24) is 10.2 Å². The Bertz CT molecular complexity index is 1440. The quantitative estimate of drug-likeness (QED) is 0.318. The first-order valence-electron chi connectivity index (χ1n) is 15.0. The Kier molecular flexibility index (Phi) is 8.85. The topological polar surface area (TPSA) is 80.3 Å². The van der Waals surface area contributed by atoms with Crippen LogP contribution >= 0.6 is 0 Å². The van der Waals surface area contributed by atoms with Gasteiger partial charge in [0.2, 0.25) is 0 Å². The number of carbonyl (C=O) groups is 2. The molecule has 1 N–H and O–H groups in total. The Labute approximate surface area is 254 Å². The molecular formula is C35H43N3O5. The van der Waals surface area contributed by atoms with Crippen molar-refractivity contribution >= 4 is 17.7 Å². The summed E-state index contributed by atoms with van der Waals surface area (Å²) in [5.41, 5.74) is 3.96. The number of piperazine rings is 1. The lowest BCUT2D eigenvalue weighted by Gasteiger charge is -2.42. The van der Waals surface area contributed by atoms with Gasteiger partial charge in [-0.15, -0.1) is 0 Å². The van der Waals surface area contributed by atoms with Crippen molar-refractivity contribution in [3.8, 4) is 11.5 Å². The number of nitrogens with one attached hydrogen (secondary N) is 1. The second kappa shape index (κ2) is 12.6. The summed E-state index contributed by atoms with van der Waals surface area (Å²) in [7, 11) is 1.62. The maximum absolute atomic E-state index is 13.6. The normalized spacial score (nSPS) is 18.7. The van der Waals surface area contributed by atoms with Crippen molar-refractivity contribution in [2.45, 2.75) is 77.8 Å². The molecule has 2 amide bonds. The van der Waals surface area contributed by atoms with Crippen LogP contribution in [0.1, 0.15) is 73.6 Å². The van der Waals surface area contributed by atoms with Gasteiger partial charge in [0, 0.05) is 30.4 Å². The Morgan fingerprint density at radius 3 is 2.28 bits per heavy atom. The van der Waals surface area contributed by atoms with Crippen molar-refractivity contribution in [3.63, 3.8) is 0 Å². The number of amides is 2. The van der Waals surface area contributed by atoms with Crippen molar-refractivity contribution in [3.05, 3.63) is 89.0 Å². The molecule has 3 atom stereocenters. The zero-order valence-electron chi connectivity index (χ0n) is 26.1. The lowest BCUT2D eigenvalue weighted by atomic mass is 10.0. The number of carbonyl (C=O) groups excluding carboxylic acids is 2. The van der Waals surface area contributed by atoms with E-state index in [0.29, 0.717) is 36.8 Å². The molecule has 2 fully saturated rings. The highest BCUT2D eigenvalue weighted by molar-refractivity contribution is 5.97. The minimum Gasteiger partial charge on any atom is -0.497 e. The zero-order valence-corrected chi connectivity index (χ0v) is 26.1. The molecule has 0 unspecified atom stereocenters.